The van der Waals surface area contributed by atoms with Crippen molar-refractivity contribution in [2.45, 2.75) is 130 Å². The number of hydrogen-bond acceptors (Lipinski definition) is 7. The molecule has 5 N–H and O–H groups in total. The molecule has 0 saturated carbocycles. The normalized spacial score (nSPS) is 14.2. The summed E-state index contributed by atoms with van der Waals surface area (Å²) >= 11 is 0. The van der Waals surface area contributed by atoms with Gasteiger partial charge in [0.2, 0.25) is 23.6 Å². The summed E-state index contributed by atoms with van der Waals surface area (Å²) in [7, 11) is 0. The lowest BCUT2D eigenvalue weighted by Gasteiger charge is -2.39. The second-order valence-electron chi connectivity index (χ2n) is 13.0. The highest BCUT2D eigenvalue weighted by Gasteiger charge is 2.49. The Balaban J connectivity index is 5.83. The Hall–Kier alpha value is -3.39. The van der Waals surface area contributed by atoms with Gasteiger partial charge in [0.15, 0.2) is 0 Å². The van der Waals surface area contributed by atoms with Crippen molar-refractivity contribution in [1.29, 1.82) is 0 Å². The second kappa shape index (κ2) is 13.9. The zero-order valence-electron chi connectivity index (χ0n) is 27.2. The van der Waals surface area contributed by atoms with E-state index < -0.39 is 69.4 Å². The molecule has 0 spiro atoms. The highest BCUT2D eigenvalue weighted by atomic mass is 19.4. The van der Waals surface area contributed by atoms with Crippen LogP contribution in [0.25, 0.3) is 0 Å². The van der Waals surface area contributed by atoms with Crippen molar-refractivity contribution < 1.29 is 46.7 Å². The summed E-state index contributed by atoms with van der Waals surface area (Å²) in [6.07, 6.45) is -5.58. The van der Waals surface area contributed by atoms with E-state index in [1.54, 1.807) is 26.1 Å². The minimum Gasteiger partial charge on any atom is -0.464 e. The fourth-order valence-electron chi connectivity index (χ4n) is 3.84. The first kappa shape index (κ1) is 39.6. The number of halogens is 3. The molecular weight excluding hydrogens is 575 g/mol. The van der Waals surface area contributed by atoms with Gasteiger partial charge in [-0.25, -0.2) is 4.79 Å². The average molecular weight is 624 g/mol. The van der Waals surface area contributed by atoms with E-state index in [1.165, 1.54) is 62.3 Å². The standard InChI is InChI=1S/C28H48F3N5O7/c1-13-27(15-16(3)4,36-21(41)28(29,30)31)20(40)35-25(9,10)18(38)33-23(5,6)17(37)32-24(7,8)19(39)34-26(11,12)22(42)43-14-2/h16H,13-15H2,1-12H3,(H,32,37)(H,33,38)(H,34,39)(H,35,40)(H,36,41)/t27-/m0/s1. The number of esters is 1. The van der Waals surface area contributed by atoms with Gasteiger partial charge in [0, 0.05) is 0 Å². The van der Waals surface area contributed by atoms with E-state index >= 15 is 0 Å². The maximum atomic E-state index is 13.3. The van der Waals surface area contributed by atoms with E-state index in [0.29, 0.717) is 0 Å². The predicted octanol–water partition coefficient (Wildman–Crippen LogP) is 2.00. The van der Waals surface area contributed by atoms with E-state index in [9.17, 15) is 41.9 Å². The number of carbonyl (C=O) groups excluding carboxylic acids is 6. The molecule has 0 aromatic rings. The summed E-state index contributed by atoms with van der Waals surface area (Å²) < 4.78 is 44.2. The molecule has 15 heteroatoms. The Kier molecular flexibility index (Phi) is 12.8. The zero-order chi connectivity index (χ0) is 34.4. The quantitative estimate of drug-likeness (QED) is 0.184. The topological polar surface area (TPSA) is 172 Å². The molecule has 0 heterocycles. The van der Waals surface area contributed by atoms with Gasteiger partial charge in [-0.1, -0.05) is 20.8 Å². The summed E-state index contributed by atoms with van der Waals surface area (Å²) in [5.74, 6) is -6.66. The van der Waals surface area contributed by atoms with Crippen LogP contribution in [0.4, 0.5) is 13.2 Å². The number of nitrogens with one attached hydrogen (secondary N) is 5. The van der Waals surface area contributed by atoms with Gasteiger partial charge in [0.05, 0.1) is 6.61 Å². The van der Waals surface area contributed by atoms with Crippen molar-refractivity contribution in [3.05, 3.63) is 0 Å². The molecule has 248 valence electrons. The fourth-order valence-corrected chi connectivity index (χ4v) is 3.84. The molecule has 0 bridgehead atoms. The Morgan fingerprint density at radius 3 is 1.23 bits per heavy atom. The molecule has 0 aromatic carbocycles. The smallest absolute Gasteiger partial charge is 0.464 e. The van der Waals surface area contributed by atoms with Crippen molar-refractivity contribution >= 4 is 35.5 Å². The zero-order valence-corrected chi connectivity index (χ0v) is 27.2. The summed E-state index contributed by atoms with van der Waals surface area (Å²) in [5, 5.41) is 11.7. The van der Waals surface area contributed by atoms with Gasteiger partial charge >= 0.3 is 18.1 Å². The van der Waals surface area contributed by atoms with Gasteiger partial charge in [-0.15, -0.1) is 0 Å². The van der Waals surface area contributed by atoms with Crippen LogP contribution in [0.3, 0.4) is 0 Å². The molecule has 0 rings (SSSR count). The van der Waals surface area contributed by atoms with E-state index in [1.807, 2.05) is 0 Å². The van der Waals surface area contributed by atoms with Crippen LogP contribution in [0.2, 0.25) is 0 Å². The molecule has 0 aliphatic carbocycles. The lowest BCUT2D eigenvalue weighted by Crippen LogP contribution is -2.69. The molecule has 0 aliphatic heterocycles. The van der Waals surface area contributed by atoms with E-state index in [-0.39, 0.29) is 25.4 Å². The number of alkyl halides is 3. The third kappa shape index (κ3) is 11.0. The average Bonchev–Trinajstić information content (AvgIpc) is 2.81. The Morgan fingerprint density at radius 1 is 0.581 bits per heavy atom. The number of amides is 5. The van der Waals surface area contributed by atoms with Crippen LogP contribution in [0.15, 0.2) is 0 Å². The van der Waals surface area contributed by atoms with E-state index in [2.05, 4.69) is 21.3 Å². The van der Waals surface area contributed by atoms with Gasteiger partial charge in [-0.2, -0.15) is 13.2 Å². The first-order valence-electron chi connectivity index (χ1n) is 14.0. The van der Waals surface area contributed by atoms with Crippen LogP contribution in [0, 0.1) is 5.92 Å². The highest BCUT2D eigenvalue weighted by molar-refractivity contribution is 6.00. The highest BCUT2D eigenvalue weighted by Crippen LogP contribution is 2.26. The molecule has 5 amide bonds. The first-order chi connectivity index (χ1) is 19.1. The van der Waals surface area contributed by atoms with Gasteiger partial charge < -0.3 is 31.3 Å². The fraction of sp³-hybridized carbons (Fsp3) is 0.786. The van der Waals surface area contributed by atoms with Crippen molar-refractivity contribution in [2.24, 2.45) is 5.92 Å². The van der Waals surface area contributed by atoms with Crippen molar-refractivity contribution in [2.75, 3.05) is 6.61 Å². The second-order valence-corrected chi connectivity index (χ2v) is 13.0. The van der Waals surface area contributed by atoms with Gasteiger partial charge in [0.25, 0.3) is 0 Å². The van der Waals surface area contributed by atoms with Crippen LogP contribution < -0.4 is 26.6 Å². The third-order valence-electron chi connectivity index (χ3n) is 6.60. The summed E-state index contributed by atoms with van der Waals surface area (Å²) in [6, 6.07) is 0. The van der Waals surface area contributed by atoms with Crippen LogP contribution in [-0.4, -0.2) is 76.0 Å². The van der Waals surface area contributed by atoms with Gasteiger partial charge in [-0.05, 0) is 81.1 Å². The lowest BCUT2D eigenvalue weighted by molar-refractivity contribution is -0.177. The van der Waals surface area contributed by atoms with Crippen molar-refractivity contribution in [3.8, 4) is 0 Å². The van der Waals surface area contributed by atoms with Crippen LogP contribution in [0.5, 0.6) is 0 Å². The molecule has 43 heavy (non-hydrogen) atoms. The van der Waals surface area contributed by atoms with Crippen LogP contribution in [0.1, 0.15) is 95.9 Å². The molecule has 0 aromatic heterocycles. The van der Waals surface area contributed by atoms with Crippen molar-refractivity contribution in [3.63, 3.8) is 0 Å². The van der Waals surface area contributed by atoms with Crippen molar-refractivity contribution in [1.82, 2.24) is 26.6 Å². The Morgan fingerprint density at radius 2 is 0.930 bits per heavy atom. The molecule has 0 saturated heterocycles. The lowest BCUT2D eigenvalue weighted by atomic mass is 9.84. The summed E-state index contributed by atoms with van der Waals surface area (Å²) in [4.78, 5) is 76.7. The number of hydrogen-bond donors (Lipinski definition) is 5. The molecule has 0 unspecified atom stereocenters. The maximum Gasteiger partial charge on any atom is 0.471 e. The summed E-state index contributed by atoms with van der Waals surface area (Å²) in [6.45, 7) is 17.4. The number of ether oxygens (including phenoxy) is 1. The largest absolute Gasteiger partial charge is 0.471 e. The minimum atomic E-state index is -5.23. The summed E-state index contributed by atoms with van der Waals surface area (Å²) in [5.41, 5.74) is -8.34. The monoisotopic (exact) mass is 623 g/mol. The molecule has 1 atom stereocenters. The Labute approximate surface area is 251 Å². The molecular formula is C28H48F3N5O7. The maximum absolute atomic E-state index is 13.3. The first-order valence-corrected chi connectivity index (χ1v) is 14.0. The van der Waals surface area contributed by atoms with Crippen LogP contribution in [-0.2, 0) is 33.5 Å². The minimum absolute atomic E-state index is 0.0995. The van der Waals surface area contributed by atoms with E-state index in [4.69, 9.17) is 4.74 Å². The predicted molar refractivity (Wildman–Crippen MR) is 152 cm³/mol. The molecule has 12 nitrogen and oxygen atoms in total. The van der Waals surface area contributed by atoms with Gasteiger partial charge in [-0.3, -0.25) is 24.0 Å². The third-order valence-corrected chi connectivity index (χ3v) is 6.60. The van der Waals surface area contributed by atoms with E-state index in [0.717, 1.165) is 0 Å². The van der Waals surface area contributed by atoms with Gasteiger partial charge in [0.1, 0.15) is 27.7 Å². The molecule has 0 aliphatic rings. The SMILES string of the molecule is CCOC(=O)C(C)(C)NC(=O)C(C)(C)NC(=O)C(C)(C)NC(=O)C(C)(C)NC(=O)[C@](CC)(CC(C)C)NC(=O)C(F)(F)F. The Bertz CT molecular complexity index is 1090. The van der Waals surface area contributed by atoms with Crippen LogP contribution >= 0.6 is 0 Å². The molecule has 0 fully saturated rings. The molecule has 0 radical (unpaired) electrons. The number of carbonyl (C=O) groups is 6. The number of rotatable bonds is 14.